The molecular weight excluding hydrogens is 184 g/mol. The number of hydrogen-bond acceptors (Lipinski definition) is 3. The number of esters is 1. The van der Waals surface area contributed by atoms with Gasteiger partial charge in [-0.1, -0.05) is 26.2 Å². The average molecular weight is 204 g/mol. The van der Waals surface area contributed by atoms with E-state index in [1.54, 1.807) is 0 Å². The van der Waals surface area contributed by atoms with Crippen molar-refractivity contribution in [2.24, 2.45) is 0 Å². The molecule has 0 fully saturated rings. The van der Waals surface area contributed by atoms with E-state index in [-0.39, 0.29) is 5.97 Å². The van der Waals surface area contributed by atoms with Crippen molar-refractivity contribution in [1.82, 2.24) is 0 Å². The van der Waals surface area contributed by atoms with Gasteiger partial charge in [0.2, 0.25) is 0 Å². The van der Waals surface area contributed by atoms with Crippen LogP contribution in [0.2, 0.25) is 0 Å². The zero-order valence-corrected chi connectivity index (χ0v) is 9.48. The van der Waals surface area contributed by atoms with Gasteiger partial charge in [0.1, 0.15) is 0 Å². The molecule has 78 valence electrons. The van der Waals surface area contributed by atoms with E-state index >= 15 is 0 Å². The van der Waals surface area contributed by atoms with Crippen molar-refractivity contribution in [3.8, 4) is 0 Å². The fraction of sp³-hybridized carbons (Fsp3) is 0.900. The van der Waals surface area contributed by atoms with E-state index in [4.69, 9.17) is 4.74 Å². The van der Waals surface area contributed by atoms with Gasteiger partial charge < -0.3 is 4.74 Å². The molecule has 3 heteroatoms. The van der Waals surface area contributed by atoms with Gasteiger partial charge in [0.15, 0.2) is 0 Å². The third-order valence-electron chi connectivity index (χ3n) is 1.90. The summed E-state index contributed by atoms with van der Waals surface area (Å²) in [5.41, 5.74) is 0. The highest BCUT2D eigenvalue weighted by molar-refractivity contribution is 7.80. The van der Waals surface area contributed by atoms with Crippen LogP contribution in [0.3, 0.4) is 0 Å². The number of ether oxygens (including phenoxy) is 1. The summed E-state index contributed by atoms with van der Waals surface area (Å²) in [6.07, 6.45) is 5.73. The van der Waals surface area contributed by atoms with Crippen molar-refractivity contribution < 1.29 is 9.53 Å². The van der Waals surface area contributed by atoms with E-state index in [9.17, 15) is 4.79 Å². The summed E-state index contributed by atoms with van der Waals surface area (Å²) >= 11 is 4.41. The molecule has 0 aliphatic carbocycles. The van der Waals surface area contributed by atoms with Crippen molar-refractivity contribution in [3.05, 3.63) is 0 Å². The first-order chi connectivity index (χ1) is 6.16. The van der Waals surface area contributed by atoms with Crippen molar-refractivity contribution in [2.45, 2.75) is 51.2 Å². The Morgan fingerprint density at radius 2 is 2.08 bits per heavy atom. The second-order valence-electron chi connectivity index (χ2n) is 3.28. The molecule has 13 heavy (non-hydrogen) atoms. The van der Waals surface area contributed by atoms with E-state index in [2.05, 4.69) is 19.6 Å². The van der Waals surface area contributed by atoms with Crippen LogP contribution in [0.15, 0.2) is 0 Å². The fourth-order valence-corrected chi connectivity index (χ4v) is 1.40. The fourth-order valence-electron chi connectivity index (χ4n) is 1.11. The summed E-state index contributed by atoms with van der Waals surface area (Å²) in [5, 5.41) is 0.380. The maximum Gasteiger partial charge on any atom is 0.302 e. The van der Waals surface area contributed by atoms with Crippen LogP contribution < -0.4 is 0 Å². The quantitative estimate of drug-likeness (QED) is 0.392. The molecule has 0 bridgehead atoms. The predicted molar refractivity (Wildman–Crippen MR) is 58.2 cm³/mol. The zero-order chi connectivity index (χ0) is 10.1. The highest BCUT2D eigenvalue weighted by Gasteiger charge is 2.03. The first-order valence-electron chi connectivity index (χ1n) is 4.98. The van der Waals surface area contributed by atoms with Gasteiger partial charge in [-0.3, -0.25) is 4.79 Å². The number of carbonyl (C=O) groups excluding carboxylic acids is 1. The first-order valence-corrected chi connectivity index (χ1v) is 5.50. The lowest BCUT2D eigenvalue weighted by Gasteiger charge is -2.09. The average Bonchev–Trinajstić information content (AvgIpc) is 2.04. The van der Waals surface area contributed by atoms with Gasteiger partial charge in [-0.15, -0.1) is 0 Å². The Balaban J connectivity index is 3.19. The molecule has 0 N–H and O–H groups in total. The predicted octanol–water partition coefficient (Wildman–Crippen LogP) is 2.82. The molecule has 0 heterocycles. The van der Waals surface area contributed by atoms with Gasteiger partial charge in [-0.05, 0) is 12.8 Å². The van der Waals surface area contributed by atoms with Crippen molar-refractivity contribution >= 4 is 18.6 Å². The maximum atomic E-state index is 10.4. The second kappa shape index (κ2) is 8.42. The van der Waals surface area contributed by atoms with E-state index in [1.807, 2.05) is 0 Å². The summed E-state index contributed by atoms with van der Waals surface area (Å²) in [7, 11) is 0. The van der Waals surface area contributed by atoms with Crippen LogP contribution >= 0.6 is 12.6 Å². The molecule has 0 radical (unpaired) electrons. The van der Waals surface area contributed by atoms with Crippen LogP contribution in [0.5, 0.6) is 0 Å². The monoisotopic (exact) mass is 204 g/mol. The molecule has 0 aromatic heterocycles. The molecule has 0 aliphatic rings. The zero-order valence-electron chi connectivity index (χ0n) is 8.58. The minimum absolute atomic E-state index is 0.200. The smallest absolute Gasteiger partial charge is 0.302 e. The van der Waals surface area contributed by atoms with E-state index in [1.165, 1.54) is 26.2 Å². The normalized spacial score (nSPS) is 12.5. The van der Waals surface area contributed by atoms with E-state index in [0.717, 1.165) is 12.8 Å². The topological polar surface area (TPSA) is 26.3 Å². The molecule has 0 spiro atoms. The molecule has 0 aromatic carbocycles. The molecule has 1 atom stereocenters. The third kappa shape index (κ3) is 9.74. The number of rotatable bonds is 7. The van der Waals surface area contributed by atoms with Crippen molar-refractivity contribution in [1.29, 1.82) is 0 Å². The standard InChI is InChI=1S/C10H20O2S/c1-3-4-5-6-10(13)7-8-12-9(2)11/h10,13H,3-8H2,1-2H3. The molecule has 0 aromatic rings. The lowest BCUT2D eigenvalue weighted by molar-refractivity contribution is -0.141. The third-order valence-corrected chi connectivity index (χ3v) is 2.41. The summed E-state index contributed by atoms with van der Waals surface area (Å²) in [5.74, 6) is -0.200. The Hall–Kier alpha value is -0.180. The summed E-state index contributed by atoms with van der Waals surface area (Å²) in [6.45, 7) is 4.13. The Morgan fingerprint density at radius 1 is 1.38 bits per heavy atom. The lowest BCUT2D eigenvalue weighted by Crippen LogP contribution is -2.07. The molecular formula is C10H20O2S. The number of carbonyl (C=O) groups is 1. The van der Waals surface area contributed by atoms with Crippen molar-refractivity contribution in [3.63, 3.8) is 0 Å². The van der Waals surface area contributed by atoms with Crippen LogP contribution in [-0.2, 0) is 9.53 Å². The number of unbranched alkanes of at least 4 members (excludes halogenated alkanes) is 2. The summed E-state index contributed by atoms with van der Waals surface area (Å²) in [6, 6.07) is 0. The Morgan fingerprint density at radius 3 is 2.62 bits per heavy atom. The van der Waals surface area contributed by atoms with Crippen LogP contribution in [0, 0.1) is 0 Å². The molecule has 0 amide bonds. The minimum Gasteiger partial charge on any atom is -0.466 e. The Bertz CT molecular complexity index is 137. The Labute approximate surface area is 86.5 Å². The van der Waals surface area contributed by atoms with Gasteiger partial charge in [0.25, 0.3) is 0 Å². The highest BCUT2D eigenvalue weighted by atomic mass is 32.1. The highest BCUT2D eigenvalue weighted by Crippen LogP contribution is 2.11. The summed E-state index contributed by atoms with van der Waals surface area (Å²) < 4.78 is 4.83. The van der Waals surface area contributed by atoms with Gasteiger partial charge in [0, 0.05) is 12.2 Å². The van der Waals surface area contributed by atoms with Gasteiger partial charge in [0.05, 0.1) is 6.61 Å². The van der Waals surface area contributed by atoms with E-state index in [0.29, 0.717) is 11.9 Å². The van der Waals surface area contributed by atoms with Gasteiger partial charge >= 0.3 is 5.97 Å². The number of hydrogen-bond donors (Lipinski definition) is 1. The molecule has 0 rings (SSSR count). The molecule has 0 saturated heterocycles. The largest absolute Gasteiger partial charge is 0.466 e. The van der Waals surface area contributed by atoms with Gasteiger partial charge in [-0.2, -0.15) is 12.6 Å². The summed E-state index contributed by atoms with van der Waals surface area (Å²) in [4.78, 5) is 10.4. The maximum absolute atomic E-state index is 10.4. The number of thiol groups is 1. The Kier molecular flexibility index (Phi) is 8.30. The SMILES string of the molecule is CCCCCC(S)CCOC(C)=O. The van der Waals surface area contributed by atoms with Gasteiger partial charge in [-0.25, -0.2) is 0 Å². The molecule has 0 aliphatic heterocycles. The lowest BCUT2D eigenvalue weighted by atomic mass is 10.1. The molecule has 2 nitrogen and oxygen atoms in total. The van der Waals surface area contributed by atoms with Crippen LogP contribution in [0.1, 0.15) is 46.0 Å². The molecule has 1 unspecified atom stereocenters. The minimum atomic E-state index is -0.200. The van der Waals surface area contributed by atoms with Crippen LogP contribution in [0.4, 0.5) is 0 Å². The molecule has 0 saturated carbocycles. The second-order valence-corrected chi connectivity index (χ2v) is 4.01. The van der Waals surface area contributed by atoms with Crippen molar-refractivity contribution in [2.75, 3.05) is 6.61 Å². The van der Waals surface area contributed by atoms with Crippen LogP contribution in [-0.4, -0.2) is 17.8 Å². The van der Waals surface area contributed by atoms with Crippen LogP contribution in [0.25, 0.3) is 0 Å². The van der Waals surface area contributed by atoms with E-state index < -0.39 is 0 Å². The first kappa shape index (κ1) is 12.8.